The number of ether oxygens (including phenoxy) is 1. The topological polar surface area (TPSA) is 93.2 Å². The number of hydrogen-bond donors (Lipinski definition) is 2. The quantitative estimate of drug-likeness (QED) is 0.731. The van der Waals surface area contributed by atoms with Crippen LogP contribution in [0.3, 0.4) is 0 Å². The molecule has 1 aromatic heterocycles. The molecule has 0 aliphatic heterocycles. The molecule has 7 heteroatoms. The van der Waals surface area contributed by atoms with Crippen molar-refractivity contribution in [2.45, 2.75) is 26.4 Å². The highest BCUT2D eigenvalue weighted by Gasteiger charge is 2.15. The van der Waals surface area contributed by atoms with Crippen molar-refractivity contribution in [2.24, 2.45) is 7.05 Å². The average Bonchev–Trinajstić information content (AvgIpc) is 2.20. The van der Waals surface area contributed by atoms with Gasteiger partial charge in [-0.25, -0.2) is 4.79 Å². The van der Waals surface area contributed by atoms with Crippen LogP contribution in [0.5, 0.6) is 0 Å². The van der Waals surface area contributed by atoms with Crippen molar-refractivity contribution in [3.63, 3.8) is 0 Å². The summed E-state index contributed by atoms with van der Waals surface area (Å²) >= 11 is 0. The second-order valence-electron chi connectivity index (χ2n) is 4.83. The smallest absolute Gasteiger partial charge is 0.329 e. The van der Waals surface area contributed by atoms with E-state index in [0.29, 0.717) is 0 Å². The molecule has 18 heavy (non-hydrogen) atoms. The number of nitrogens with zero attached hydrogens (tertiary/aromatic N) is 1. The fraction of sp³-hybridized carbons (Fsp3) is 0.545. The highest BCUT2D eigenvalue weighted by molar-refractivity contribution is 5.74. The summed E-state index contributed by atoms with van der Waals surface area (Å²) in [6, 6.07) is 1.20. The minimum atomic E-state index is -0.570. The third kappa shape index (κ3) is 4.08. The van der Waals surface area contributed by atoms with Gasteiger partial charge in [-0.2, -0.15) is 0 Å². The molecule has 0 aliphatic rings. The molecule has 1 rings (SSSR count). The highest BCUT2D eigenvalue weighted by atomic mass is 16.6. The monoisotopic (exact) mass is 255 g/mol. The van der Waals surface area contributed by atoms with Gasteiger partial charge in [0.15, 0.2) is 0 Å². The zero-order valence-electron chi connectivity index (χ0n) is 10.9. The van der Waals surface area contributed by atoms with E-state index < -0.39 is 22.8 Å². The fourth-order valence-corrected chi connectivity index (χ4v) is 1.20. The number of aromatic amines is 1. The number of aromatic nitrogens is 2. The maximum absolute atomic E-state index is 11.4. The minimum absolute atomic E-state index is 0.125. The third-order valence-electron chi connectivity index (χ3n) is 1.99. The molecule has 0 saturated carbocycles. The van der Waals surface area contributed by atoms with Crippen LogP contribution in [0.1, 0.15) is 20.8 Å². The Bertz CT molecular complexity index is 519. The first kappa shape index (κ1) is 14.0. The van der Waals surface area contributed by atoms with Crippen LogP contribution in [-0.2, 0) is 16.6 Å². The number of esters is 1. The van der Waals surface area contributed by atoms with Crippen molar-refractivity contribution in [1.82, 2.24) is 9.55 Å². The molecule has 1 heterocycles. The Morgan fingerprint density at radius 1 is 1.44 bits per heavy atom. The molecule has 0 amide bonds. The van der Waals surface area contributed by atoms with Crippen LogP contribution in [0, 0.1) is 0 Å². The van der Waals surface area contributed by atoms with Gasteiger partial charge in [0.1, 0.15) is 18.0 Å². The first-order valence-corrected chi connectivity index (χ1v) is 5.45. The van der Waals surface area contributed by atoms with E-state index in [9.17, 15) is 14.4 Å². The summed E-state index contributed by atoms with van der Waals surface area (Å²) in [5, 5.41) is 2.63. The molecular weight excluding hydrogens is 238 g/mol. The van der Waals surface area contributed by atoms with E-state index in [-0.39, 0.29) is 12.4 Å². The lowest BCUT2D eigenvalue weighted by Crippen LogP contribution is -2.34. The molecule has 0 bridgehead atoms. The number of anilines is 1. The molecule has 7 nitrogen and oxygen atoms in total. The Morgan fingerprint density at radius 2 is 2.06 bits per heavy atom. The zero-order valence-corrected chi connectivity index (χ0v) is 10.9. The summed E-state index contributed by atoms with van der Waals surface area (Å²) in [5.74, 6) is -0.280. The Balaban J connectivity index is 2.68. The van der Waals surface area contributed by atoms with E-state index in [1.165, 1.54) is 13.1 Å². The summed E-state index contributed by atoms with van der Waals surface area (Å²) in [6.07, 6.45) is 0. The van der Waals surface area contributed by atoms with E-state index in [0.717, 1.165) is 4.57 Å². The molecule has 0 spiro atoms. The van der Waals surface area contributed by atoms with Crippen molar-refractivity contribution < 1.29 is 9.53 Å². The SMILES string of the molecule is Cn1c(=O)cc(NCC(=O)OC(C)(C)C)[nH]c1=O. The van der Waals surface area contributed by atoms with Crippen molar-refractivity contribution in [1.29, 1.82) is 0 Å². The second kappa shape index (κ2) is 5.07. The number of hydrogen-bond acceptors (Lipinski definition) is 5. The second-order valence-corrected chi connectivity index (χ2v) is 4.83. The first-order valence-electron chi connectivity index (χ1n) is 5.45. The van der Waals surface area contributed by atoms with Gasteiger partial charge in [0.05, 0.1) is 0 Å². The van der Waals surface area contributed by atoms with E-state index in [4.69, 9.17) is 4.74 Å². The predicted octanol–water partition coefficient (Wildman–Crippen LogP) is -0.173. The summed E-state index contributed by atoms with van der Waals surface area (Å²) < 4.78 is 6.00. The van der Waals surface area contributed by atoms with Crippen LogP contribution in [0.4, 0.5) is 5.82 Å². The summed E-state index contributed by atoms with van der Waals surface area (Å²) in [6.45, 7) is 5.14. The van der Waals surface area contributed by atoms with E-state index >= 15 is 0 Å². The summed E-state index contributed by atoms with van der Waals surface area (Å²) in [4.78, 5) is 36.4. The molecule has 0 unspecified atom stereocenters. The lowest BCUT2D eigenvalue weighted by atomic mass is 10.2. The minimum Gasteiger partial charge on any atom is -0.459 e. The molecule has 1 aromatic rings. The molecule has 100 valence electrons. The van der Waals surface area contributed by atoms with Crippen LogP contribution in [0.2, 0.25) is 0 Å². The summed E-state index contributed by atoms with van der Waals surface area (Å²) in [7, 11) is 1.36. The van der Waals surface area contributed by atoms with Crippen molar-refractivity contribution in [2.75, 3.05) is 11.9 Å². The summed E-state index contributed by atoms with van der Waals surface area (Å²) in [5.41, 5.74) is -1.57. The van der Waals surface area contributed by atoms with Crippen molar-refractivity contribution in [3.05, 3.63) is 26.9 Å². The van der Waals surface area contributed by atoms with Gasteiger partial charge < -0.3 is 10.1 Å². The molecule has 0 atom stereocenters. The molecular formula is C11H17N3O4. The number of carbonyl (C=O) groups is 1. The largest absolute Gasteiger partial charge is 0.459 e. The van der Waals surface area contributed by atoms with Crippen molar-refractivity contribution in [3.8, 4) is 0 Å². The number of rotatable bonds is 3. The van der Waals surface area contributed by atoms with Gasteiger partial charge in [0, 0.05) is 13.1 Å². The predicted molar refractivity (Wildman–Crippen MR) is 66.6 cm³/mol. The average molecular weight is 255 g/mol. The zero-order chi connectivity index (χ0) is 13.9. The van der Waals surface area contributed by atoms with Crippen LogP contribution in [0.15, 0.2) is 15.7 Å². The standard InChI is InChI=1S/C11H17N3O4/c1-11(2,3)18-9(16)6-12-7-5-8(15)14(4)10(17)13-7/h5,12H,6H2,1-4H3,(H,13,17). The van der Waals surface area contributed by atoms with Crippen LogP contribution in [-0.4, -0.2) is 27.7 Å². The highest BCUT2D eigenvalue weighted by Crippen LogP contribution is 2.06. The van der Waals surface area contributed by atoms with Crippen LogP contribution < -0.4 is 16.6 Å². The maximum Gasteiger partial charge on any atom is 0.329 e. The molecule has 0 saturated heterocycles. The molecule has 0 fully saturated rings. The lowest BCUT2D eigenvalue weighted by molar-refractivity contribution is -0.152. The lowest BCUT2D eigenvalue weighted by Gasteiger charge is -2.19. The van der Waals surface area contributed by atoms with Gasteiger partial charge >= 0.3 is 11.7 Å². The normalized spacial score (nSPS) is 11.1. The van der Waals surface area contributed by atoms with Gasteiger partial charge in [0.2, 0.25) is 0 Å². The Morgan fingerprint density at radius 3 is 2.56 bits per heavy atom. The Hall–Kier alpha value is -2.05. The van der Waals surface area contributed by atoms with Gasteiger partial charge in [-0.1, -0.05) is 0 Å². The van der Waals surface area contributed by atoms with Crippen LogP contribution in [0.25, 0.3) is 0 Å². The van der Waals surface area contributed by atoms with Crippen molar-refractivity contribution >= 4 is 11.8 Å². The van der Waals surface area contributed by atoms with Gasteiger partial charge in [-0.05, 0) is 20.8 Å². The first-order chi connectivity index (χ1) is 8.19. The third-order valence-corrected chi connectivity index (χ3v) is 1.99. The Kier molecular flexibility index (Phi) is 3.95. The number of nitrogens with one attached hydrogen (secondary N) is 2. The van der Waals surface area contributed by atoms with E-state index in [2.05, 4.69) is 10.3 Å². The van der Waals surface area contributed by atoms with E-state index in [1.54, 1.807) is 20.8 Å². The van der Waals surface area contributed by atoms with E-state index in [1.807, 2.05) is 0 Å². The molecule has 0 aliphatic carbocycles. The van der Waals surface area contributed by atoms with Crippen LogP contribution >= 0.6 is 0 Å². The van der Waals surface area contributed by atoms with Gasteiger partial charge in [-0.15, -0.1) is 0 Å². The van der Waals surface area contributed by atoms with Gasteiger partial charge in [-0.3, -0.25) is 19.1 Å². The number of H-pyrrole nitrogens is 1. The fourth-order valence-electron chi connectivity index (χ4n) is 1.20. The number of carbonyl (C=O) groups excluding carboxylic acids is 1. The maximum atomic E-state index is 11.4. The Labute approximate surface area is 104 Å². The molecule has 0 radical (unpaired) electrons. The molecule has 0 aromatic carbocycles. The van der Waals surface area contributed by atoms with Gasteiger partial charge in [0.25, 0.3) is 5.56 Å². The molecule has 2 N–H and O–H groups in total.